The second-order valence-electron chi connectivity index (χ2n) is 7.01. The van der Waals surface area contributed by atoms with Crippen LogP contribution in [0.1, 0.15) is 11.1 Å². The molecule has 1 aliphatic heterocycles. The fourth-order valence-corrected chi connectivity index (χ4v) is 3.11. The highest BCUT2D eigenvalue weighted by molar-refractivity contribution is 5.65. The Bertz CT molecular complexity index is 971. The van der Waals surface area contributed by atoms with Gasteiger partial charge in [-0.1, -0.05) is 23.4 Å². The van der Waals surface area contributed by atoms with Crippen molar-refractivity contribution in [2.45, 2.75) is 12.7 Å². The molecular formula is C22H22F3N3O4. The third kappa shape index (κ3) is 7.02. The third-order valence-corrected chi connectivity index (χ3v) is 4.69. The van der Waals surface area contributed by atoms with Crippen LogP contribution >= 0.6 is 0 Å². The molecule has 0 spiro atoms. The van der Waals surface area contributed by atoms with E-state index in [2.05, 4.69) is 14.6 Å². The number of benzene rings is 2. The fourth-order valence-electron chi connectivity index (χ4n) is 3.11. The first-order valence-corrected chi connectivity index (χ1v) is 9.80. The van der Waals surface area contributed by atoms with E-state index in [1.165, 1.54) is 23.3 Å². The van der Waals surface area contributed by atoms with Crippen LogP contribution < -0.4 is 4.74 Å². The number of alkyl halides is 3. The summed E-state index contributed by atoms with van der Waals surface area (Å²) in [5.74, 6) is 0.577. The van der Waals surface area contributed by atoms with Gasteiger partial charge in [0.25, 0.3) is 0 Å². The van der Waals surface area contributed by atoms with E-state index in [1.54, 1.807) is 30.5 Å². The van der Waals surface area contributed by atoms with E-state index in [1.807, 2.05) is 6.07 Å². The number of carbonyl (C=O) groups is 1. The van der Waals surface area contributed by atoms with Crippen molar-refractivity contribution in [2.24, 2.45) is 0 Å². The first-order valence-electron chi connectivity index (χ1n) is 9.80. The van der Waals surface area contributed by atoms with E-state index >= 15 is 0 Å². The molecular weight excluding hydrogens is 427 g/mol. The number of rotatable bonds is 4. The smallest absolute Gasteiger partial charge is 0.416 e. The summed E-state index contributed by atoms with van der Waals surface area (Å²) in [7, 11) is 0. The van der Waals surface area contributed by atoms with Crippen LogP contribution in [0.25, 0.3) is 0 Å². The van der Waals surface area contributed by atoms with Gasteiger partial charge in [-0.3, -0.25) is 4.90 Å². The molecule has 0 atom stereocenters. The number of ether oxygens (including phenoxy) is 1. The monoisotopic (exact) mass is 449 g/mol. The molecule has 1 saturated heterocycles. The van der Waals surface area contributed by atoms with Crippen molar-refractivity contribution >= 4 is 6.09 Å². The molecule has 2 aromatic carbocycles. The average molecular weight is 449 g/mol. The largest absolute Gasteiger partial charge is 0.465 e. The Morgan fingerprint density at radius 1 is 1.03 bits per heavy atom. The van der Waals surface area contributed by atoms with Crippen molar-refractivity contribution in [1.82, 2.24) is 15.0 Å². The molecule has 1 amide bonds. The summed E-state index contributed by atoms with van der Waals surface area (Å²) in [6, 6.07) is 13.6. The highest BCUT2D eigenvalue weighted by Gasteiger charge is 2.30. The van der Waals surface area contributed by atoms with Crippen LogP contribution in [0.2, 0.25) is 0 Å². The molecule has 4 rings (SSSR count). The van der Waals surface area contributed by atoms with Crippen molar-refractivity contribution in [2.75, 3.05) is 26.2 Å². The standard InChI is InChI=1S/C19H19F3N2O3.C3H3NO/c20-19(21,22)15-4-2-6-17(12-15)27-16-5-1-3-14(11-16)13-23-7-9-24(10-8-23)18(25)26;1-2-4-5-3-1/h1-6,11-12H,7-10,13H2,(H,25,26);1-3H. The Morgan fingerprint density at radius 2 is 1.72 bits per heavy atom. The van der Waals surface area contributed by atoms with E-state index in [-0.39, 0.29) is 5.75 Å². The van der Waals surface area contributed by atoms with Gasteiger partial charge in [0.05, 0.1) is 11.8 Å². The SMILES string of the molecule is O=C(O)N1CCN(Cc2cccc(Oc3cccc(C(F)(F)F)c3)c2)CC1.c1cnoc1. The minimum Gasteiger partial charge on any atom is -0.465 e. The van der Waals surface area contributed by atoms with Crippen molar-refractivity contribution in [3.05, 3.63) is 78.2 Å². The fraction of sp³-hybridized carbons (Fsp3) is 0.273. The number of carboxylic acid groups (broad SMARTS) is 1. The van der Waals surface area contributed by atoms with Gasteiger partial charge in [-0.25, -0.2) is 4.79 Å². The maximum Gasteiger partial charge on any atom is 0.416 e. The average Bonchev–Trinajstić information content (AvgIpc) is 3.34. The first-order chi connectivity index (χ1) is 15.3. The molecule has 1 aliphatic rings. The molecule has 7 nitrogen and oxygen atoms in total. The van der Waals surface area contributed by atoms with E-state index < -0.39 is 17.8 Å². The van der Waals surface area contributed by atoms with Gasteiger partial charge in [0.2, 0.25) is 0 Å². The number of aromatic nitrogens is 1. The van der Waals surface area contributed by atoms with Gasteiger partial charge in [0.15, 0.2) is 0 Å². The molecule has 3 aromatic rings. The number of hydrogen-bond acceptors (Lipinski definition) is 5. The highest BCUT2D eigenvalue weighted by atomic mass is 19.4. The molecule has 170 valence electrons. The van der Waals surface area contributed by atoms with Crippen LogP contribution in [0.15, 0.2) is 71.6 Å². The summed E-state index contributed by atoms with van der Waals surface area (Å²) >= 11 is 0. The van der Waals surface area contributed by atoms with Gasteiger partial charge in [0.1, 0.15) is 17.8 Å². The zero-order valence-electron chi connectivity index (χ0n) is 17.0. The van der Waals surface area contributed by atoms with E-state index in [4.69, 9.17) is 9.84 Å². The number of piperazine rings is 1. The predicted molar refractivity (Wildman–Crippen MR) is 109 cm³/mol. The van der Waals surface area contributed by atoms with E-state index in [0.717, 1.165) is 17.7 Å². The number of halogens is 3. The van der Waals surface area contributed by atoms with E-state index in [0.29, 0.717) is 38.5 Å². The van der Waals surface area contributed by atoms with Crippen LogP contribution in [0.4, 0.5) is 18.0 Å². The Balaban J connectivity index is 0.000000509. The summed E-state index contributed by atoms with van der Waals surface area (Å²) < 4.78 is 48.3. The van der Waals surface area contributed by atoms with Crippen LogP contribution in [0.5, 0.6) is 11.5 Å². The Hall–Kier alpha value is -3.53. The minimum absolute atomic E-state index is 0.122. The van der Waals surface area contributed by atoms with Gasteiger partial charge in [-0.2, -0.15) is 13.2 Å². The molecule has 32 heavy (non-hydrogen) atoms. The Morgan fingerprint density at radius 3 is 2.28 bits per heavy atom. The Labute approximate surface area is 182 Å². The molecule has 0 unspecified atom stereocenters. The summed E-state index contributed by atoms with van der Waals surface area (Å²) in [6.07, 6.45) is -2.23. The molecule has 0 radical (unpaired) electrons. The lowest BCUT2D eigenvalue weighted by Crippen LogP contribution is -2.47. The summed E-state index contributed by atoms with van der Waals surface area (Å²) in [5.41, 5.74) is 0.190. The maximum absolute atomic E-state index is 12.8. The molecule has 0 saturated carbocycles. The third-order valence-electron chi connectivity index (χ3n) is 4.69. The minimum atomic E-state index is -4.42. The second kappa shape index (κ2) is 10.7. The molecule has 1 N–H and O–H groups in total. The molecule has 0 aliphatic carbocycles. The second-order valence-corrected chi connectivity index (χ2v) is 7.01. The molecule has 10 heteroatoms. The lowest BCUT2D eigenvalue weighted by Gasteiger charge is -2.33. The summed E-state index contributed by atoms with van der Waals surface area (Å²) in [4.78, 5) is 14.5. The van der Waals surface area contributed by atoms with Crippen LogP contribution in [-0.2, 0) is 12.7 Å². The zero-order chi connectivity index (χ0) is 23.0. The van der Waals surface area contributed by atoms with Crippen LogP contribution in [0.3, 0.4) is 0 Å². The number of nitrogens with zero attached hydrogens (tertiary/aromatic N) is 3. The van der Waals surface area contributed by atoms with Gasteiger partial charge < -0.3 is 19.3 Å². The van der Waals surface area contributed by atoms with Crippen molar-refractivity contribution in [1.29, 1.82) is 0 Å². The quantitative estimate of drug-likeness (QED) is 0.606. The molecule has 0 bridgehead atoms. The first kappa shape index (κ1) is 23.1. The van der Waals surface area contributed by atoms with Gasteiger partial charge in [-0.05, 0) is 42.0 Å². The topological polar surface area (TPSA) is 79.0 Å². The number of amides is 1. The van der Waals surface area contributed by atoms with Crippen LogP contribution in [0, 0.1) is 0 Å². The van der Waals surface area contributed by atoms with Gasteiger partial charge in [0, 0.05) is 32.7 Å². The summed E-state index contributed by atoms with van der Waals surface area (Å²) in [5, 5.41) is 12.3. The molecule has 1 fully saturated rings. The number of hydrogen-bond donors (Lipinski definition) is 1. The predicted octanol–water partition coefficient (Wildman–Crippen LogP) is 4.97. The summed E-state index contributed by atoms with van der Waals surface area (Å²) in [6.45, 7) is 2.79. The van der Waals surface area contributed by atoms with Crippen molar-refractivity contribution in [3.63, 3.8) is 0 Å². The molecule has 1 aromatic heterocycles. The van der Waals surface area contributed by atoms with Crippen LogP contribution in [-0.4, -0.2) is 52.3 Å². The van der Waals surface area contributed by atoms with E-state index in [9.17, 15) is 18.0 Å². The van der Waals surface area contributed by atoms with Crippen molar-refractivity contribution < 1.29 is 32.3 Å². The normalized spacial score (nSPS) is 14.4. The Kier molecular flexibility index (Phi) is 7.72. The maximum atomic E-state index is 12.8. The zero-order valence-corrected chi connectivity index (χ0v) is 17.0. The highest BCUT2D eigenvalue weighted by Crippen LogP contribution is 2.32. The lowest BCUT2D eigenvalue weighted by atomic mass is 10.2. The van der Waals surface area contributed by atoms with Crippen molar-refractivity contribution in [3.8, 4) is 11.5 Å². The van der Waals surface area contributed by atoms with Gasteiger partial charge in [-0.15, -0.1) is 0 Å². The molecule has 2 heterocycles. The van der Waals surface area contributed by atoms with Gasteiger partial charge >= 0.3 is 12.3 Å². The lowest BCUT2D eigenvalue weighted by molar-refractivity contribution is -0.137.